The van der Waals surface area contributed by atoms with Crippen LogP contribution in [0.4, 0.5) is 0 Å². The van der Waals surface area contributed by atoms with Gasteiger partial charge in [0.1, 0.15) is 0 Å². The van der Waals surface area contributed by atoms with Crippen LogP contribution in [-0.2, 0) is 30.2 Å². The molecule has 7 nitrogen and oxygen atoms in total. The van der Waals surface area contributed by atoms with Crippen molar-refractivity contribution in [2.45, 2.75) is 18.0 Å². The third kappa shape index (κ3) is 5.00. The van der Waals surface area contributed by atoms with Crippen LogP contribution in [0.5, 0.6) is 0 Å². The lowest BCUT2D eigenvalue weighted by Gasteiger charge is -2.22. The summed E-state index contributed by atoms with van der Waals surface area (Å²) in [5.41, 5.74) is 2.03. The molecular formula is C17H24ClN5O2S. The van der Waals surface area contributed by atoms with Gasteiger partial charge in [-0.25, -0.2) is 13.1 Å². The topological polar surface area (TPSA) is 78.7 Å². The molecule has 0 aliphatic carbocycles. The number of hydrogen-bond acceptors (Lipinski definition) is 3. The second-order valence-electron chi connectivity index (χ2n) is 5.87. The fraction of sp³-hybridized carbons (Fsp3) is 0.353. The molecule has 1 heterocycles. The van der Waals surface area contributed by atoms with E-state index >= 15 is 0 Å². The molecule has 0 saturated heterocycles. The summed E-state index contributed by atoms with van der Waals surface area (Å²) in [5, 5.41) is 3.98. The zero-order valence-corrected chi connectivity index (χ0v) is 16.9. The van der Waals surface area contributed by atoms with Crippen LogP contribution in [0.2, 0.25) is 5.02 Å². The summed E-state index contributed by atoms with van der Waals surface area (Å²) in [7, 11) is 3.59. The number of guanidine groups is 1. The fourth-order valence-electron chi connectivity index (χ4n) is 2.51. The first kappa shape index (κ1) is 20.3. The van der Waals surface area contributed by atoms with Gasteiger partial charge in [-0.05, 0) is 30.8 Å². The van der Waals surface area contributed by atoms with Crippen LogP contribution in [0.15, 0.2) is 46.4 Å². The van der Waals surface area contributed by atoms with Crippen LogP contribution in [0.3, 0.4) is 0 Å². The minimum atomic E-state index is -3.42. The molecule has 0 radical (unpaired) electrons. The van der Waals surface area contributed by atoms with E-state index in [2.05, 4.69) is 15.0 Å². The van der Waals surface area contributed by atoms with Crippen LogP contribution >= 0.6 is 11.6 Å². The lowest BCUT2D eigenvalue weighted by molar-refractivity contribution is 0.461. The van der Waals surface area contributed by atoms with Gasteiger partial charge in [0, 0.05) is 39.6 Å². The SMILES string of the molecule is CN=C(NCc1ccc(S(=O)(=O)NC)cc1)N(C)Cc1cc(Cl)cn1C. The van der Waals surface area contributed by atoms with E-state index in [9.17, 15) is 8.42 Å². The molecule has 142 valence electrons. The van der Waals surface area contributed by atoms with Crippen molar-refractivity contribution in [1.29, 1.82) is 0 Å². The number of rotatable bonds is 6. The molecule has 9 heteroatoms. The molecule has 0 unspecified atom stereocenters. The van der Waals surface area contributed by atoms with E-state index in [0.29, 0.717) is 18.1 Å². The van der Waals surface area contributed by atoms with Crippen molar-refractivity contribution in [3.8, 4) is 0 Å². The molecule has 2 aromatic rings. The lowest BCUT2D eigenvalue weighted by Crippen LogP contribution is -2.38. The molecule has 0 atom stereocenters. The minimum Gasteiger partial charge on any atom is -0.352 e. The van der Waals surface area contributed by atoms with Gasteiger partial charge in [0.15, 0.2) is 5.96 Å². The normalized spacial score (nSPS) is 12.3. The van der Waals surface area contributed by atoms with Gasteiger partial charge >= 0.3 is 0 Å². The molecule has 2 N–H and O–H groups in total. The zero-order valence-electron chi connectivity index (χ0n) is 15.3. The number of benzene rings is 1. The number of hydrogen-bond donors (Lipinski definition) is 2. The number of halogens is 1. The van der Waals surface area contributed by atoms with E-state index in [1.165, 1.54) is 7.05 Å². The van der Waals surface area contributed by atoms with Crippen molar-refractivity contribution in [3.63, 3.8) is 0 Å². The van der Waals surface area contributed by atoms with Gasteiger partial charge in [0.05, 0.1) is 16.5 Å². The smallest absolute Gasteiger partial charge is 0.240 e. The number of aryl methyl sites for hydroxylation is 1. The van der Waals surface area contributed by atoms with Crippen molar-refractivity contribution >= 4 is 27.6 Å². The Labute approximate surface area is 159 Å². The summed E-state index contributed by atoms with van der Waals surface area (Å²) in [6, 6.07) is 8.65. The second-order valence-corrected chi connectivity index (χ2v) is 8.19. The highest BCUT2D eigenvalue weighted by Gasteiger charge is 2.12. The number of nitrogens with one attached hydrogen (secondary N) is 2. The predicted molar refractivity (Wildman–Crippen MR) is 105 cm³/mol. The standard InChI is InChI=1S/C17H24ClN5O2S/c1-19-17(23(4)12-15-9-14(18)11-22(15)3)21-10-13-5-7-16(8-6-13)26(24,25)20-2/h5-9,11,20H,10,12H2,1-4H3,(H,19,21). The summed E-state index contributed by atoms with van der Waals surface area (Å²) < 4.78 is 27.8. The molecule has 0 bridgehead atoms. The van der Waals surface area contributed by atoms with Gasteiger partial charge in [-0.15, -0.1) is 0 Å². The monoisotopic (exact) mass is 397 g/mol. The number of nitrogens with zero attached hydrogens (tertiary/aromatic N) is 3. The number of sulfonamides is 1. The van der Waals surface area contributed by atoms with Crippen molar-refractivity contribution in [1.82, 2.24) is 19.5 Å². The van der Waals surface area contributed by atoms with Crippen LogP contribution < -0.4 is 10.0 Å². The summed E-state index contributed by atoms with van der Waals surface area (Å²) in [6.07, 6.45) is 1.86. The van der Waals surface area contributed by atoms with Gasteiger partial charge < -0.3 is 14.8 Å². The third-order valence-electron chi connectivity index (χ3n) is 4.00. The predicted octanol–water partition coefficient (Wildman–Crippen LogP) is 1.79. The van der Waals surface area contributed by atoms with Crippen molar-refractivity contribution in [2.24, 2.45) is 12.0 Å². The van der Waals surface area contributed by atoms with Crippen LogP contribution in [0.1, 0.15) is 11.3 Å². The molecule has 0 saturated carbocycles. The van der Waals surface area contributed by atoms with Gasteiger partial charge in [-0.2, -0.15) is 0 Å². The maximum atomic E-state index is 11.8. The van der Waals surface area contributed by atoms with Gasteiger partial charge in [0.2, 0.25) is 10.0 Å². The van der Waals surface area contributed by atoms with E-state index in [1.54, 1.807) is 31.3 Å². The first-order valence-electron chi connectivity index (χ1n) is 8.02. The Kier molecular flexibility index (Phi) is 6.69. The molecule has 1 aromatic carbocycles. The maximum absolute atomic E-state index is 11.8. The quantitative estimate of drug-likeness (QED) is 0.575. The van der Waals surface area contributed by atoms with Gasteiger partial charge in [0.25, 0.3) is 0 Å². The van der Waals surface area contributed by atoms with E-state index in [0.717, 1.165) is 17.2 Å². The second kappa shape index (κ2) is 8.57. The molecule has 0 spiro atoms. The van der Waals surface area contributed by atoms with Crippen molar-refractivity contribution < 1.29 is 8.42 Å². The Bertz CT molecular complexity index is 875. The summed E-state index contributed by atoms with van der Waals surface area (Å²) in [4.78, 5) is 6.52. The van der Waals surface area contributed by atoms with E-state index in [-0.39, 0.29) is 4.90 Å². The molecular weight excluding hydrogens is 374 g/mol. The van der Waals surface area contributed by atoms with Gasteiger partial charge in [-0.3, -0.25) is 4.99 Å². The fourth-order valence-corrected chi connectivity index (χ4v) is 3.51. The summed E-state index contributed by atoms with van der Waals surface area (Å²) in [6.45, 7) is 1.19. The molecule has 0 fully saturated rings. The highest BCUT2D eigenvalue weighted by atomic mass is 35.5. The molecule has 2 rings (SSSR count). The highest BCUT2D eigenvalue weighted by molar-refractivity contribution is 7.89. The maximum Gasteiger partial charge on any atom is 0.240 e. The van der Waals surface area contributed by atoms with E-state index in [4.69, 9.17) is 11.6 Å². The third-order valence-corrected chi connectivity index (χ3v) is 5.64. The number of aromatic nitrogens is 1. The number of aliphatic imine (C=N–C) groups is 1. The first-order chi connectivity index (χ1) is 12.3. The zero-order chi connectivity index (χ0) is 19.3. The molecule has 0 aliphatic rings. The first-order valence-corrected chi connectivity index (χ1v) is 9.88. The lowest BCUT2D eigenvalue weighted by atomic mass is 10.2. The molecule has 0 aliphatic heterocycles. The Morgan fingerprint density at radius 1 is 1.31 bits per heavy atom. The Balaban J connectivity index is 1.99. The van der Waals surface area contributed by atoms with E-state index in [1.807, 2.05) is 35.8 Å². The van der Waals surface area contributed by atoms with Crippen LogP contribution in [0, 0.1) is 0 Å². The Morgan fingerprint density at radius 3 is 2.46 bits per heavy atom. The van der Waals surface area contributed by atoms with Crippen LogP contribution in [0.25, 0.3) is 0 Å². The van der Waals surface area contributed by atoms with Crippen LogP contribution in [-0.4, -0.2) is 45.0 Å². The highest BCUT2D eigenvalue weighted by Crippen LogP contribution is 2.14. The van der Waals surface area contributed by atoms with Crippen molar-refractivity contribution in [3.05, 3.63) is 52.8 Å². The largest absolute Gasteiger partial charge is 0.352 e. The Hall–Kier alpha value is -2.03. The summed E-state index contributed by atoms with van der Waals surface area (Å²) >= 11 is 6.03. The molecule has 26 heavy (non-hydrogen) atoms. The molecule has 1 aromatic heterocycles. The Morgan fingerprint density at radius 2 is 1.96 bits per heavy atom. The van der Waals surface area contributed by atoms with Gasteiger partial charge in [-0.1, -0.05) is 23.7 Å². The summed E-state index contributed by atoms with van der Waals surface area (Å²) in [5.74, 6) is 0.731. The minimum absolute atomic E-state index is 0.242. The average molecular weight is 398 g/mol. The molecule has 0 amide bonds. The van der Waals surface area contributed by atoms with E-state index < -0.39 is 10.0 Å². The van der Waals surface area contributed by atoms with Crippen molar-refractivity contribution in [2.75, 3.05) is 21.1 Å². The average Bonchev–Trinajstić information content (AvgIpc) is 2.93.